The van der Waals surface area contributed by atoms with Crippen LogP contribution >= 0.6 is 0 Å². The Balaban J connectivity index is 1.71. The summed E-state index contributed by atoms with van der Waals surface area (Å²) in [7, 11) is 0. The fraction of sp³-hybridized carbons (Fsp3) is 0.316. The number of ether oxygens (including phenoxy) is 1. The second kappa shape index (κ2) is 6.82. The number of anilines is 1. The normalized spacial score (nSPS) is 17.0. The molecule has 0 unspecified atom stereocenters. The van der Waals surface area contributed by atoms with E-state index >= 15 is 0 Å². The number of carbonyl (C=O) groups is 1. The van der Waals surface area contributed by atoms with E-state index in [9.17, 15) is 9.18 Å². The minimum atomic E-state index is -0.299. The highest BCUT2D eigenvalue weighted by molar-refractivity contribution is 6.01. The highest BCUT2D eigenvalue weighted by Gasteiger charge is 2.38. The van der Waals surface area contributed by atoms with E-state index in [0.717, 1.165) is 36.4 Å². The SMILES string of the molecule is CCCCOc1ccc([C@@H]2CC(=O)N2c2ccc(F)cc2)cc1. The number of carbonyl (C=O) groups excluding carboxylic acids is 1. The lowest BCUT2D eigenvalue weighted by molar-refractivity contribution is -0.124. The zero-order valence-corrected chi connectivity index (χ0v) is 13.2. The molecule has 2 aromatic rings. The quantitative estimate of drug-likeness (QED) is 0.581. The van der Waals surface area contributed by atoms with Gasteiger partial charge in [-0.1, -0.05) is 25.5 Å². The molecule has 23 heavy (non-hydrogen) atoms. The summed E-state index contributed by atoms with van der Waals surface area (Å²) in [6.45, 7) is 2.85. The van der Waals surface area contributed by atoms with Crippen molar-refractivity contribution in [2.75, 3.05) is 11.5 Å². The molecule has 3 nitrogen and oxygen atoms in total. The Kier molecular flexibility index (Phi) is 4.60. The lowest BCUT2D eigenvalue weighted by atomic mass is 9.93. The third-order valence-corrected chi connectivity index (χ3v) is 4.08. The first-order valence-corrected chi connectivity index (χ1v) is 7.99. The fourth-order valence-electron chi connectivity index (χ4n) is 2.73. The Labute approximate surface area is 135 Å². The maximum atomic E-state index is 13.0. The molecular formula is C19H20FNO2. The number of hydrogen-bond acceptors (Lipinski definition) is 2. The fourth-order valence-corrected chi connectivity index (χ4v) is 2.73. The molecule has 1 atom stereocenters. The molecule has 0 saturated carbocycles. The van der Waals surface area contributed by atoms with E-state index < -0.39 is 0 Å². The lowest BCUT2D eigenvalue weighted by Gasteiger charge is -2.40. The highest BCUT2D eigenvalue weighted by atomic mass is 19.1. The van der Waals surface area contributed by atoms with E-state index in [-0.39, 0.29) is 17.8 Å². The number of rotatable bonds is 6. The Bertz CT molecular complexity index is 667. The molecule has 0 aromatic heterocycles. The average molecular weight is 313 g/mol. The van der Waals surface area contributed by atoms with Crippen molar-refractivity contribution in [2.45, 2.75) is 32.2 Å². The molecule has 0 spiro atoms. The number of amides is 1. The molecule has 1 fully saturated rings. The van der Waals surface area contributed by atoms with Crippen LogP contribution in [0.5, 0.6) is 5.75 Å². The van der Waals surface area contributed by atoms with Gasteiger partial charge in [-0.05, 0) is 48.4 Å². The topological polar surface area (TPSA) is 29.5 Å². The summed E-state index contributed by atoms with van der Waals surface area (Å²) in [5.41, 5.74) is 1.80. The number of halogens is 1. The molecule has 0 N–H and O–H groups in total. The maximum absolute atomic E-state index is 13.0. The van der Waals surface area contributed by atoms with Crippen LogP contribution in [0.2, 0.25) is 0 Å². The van der Waals surface area contributed by atoms with Crippen molar-refractivity contribution in [1.29, 1.82) is 0 Å². The van der Waals surface area contributed by atoms with Crippen LogP contribution in [0.25, 0.3) is 0 Å². The van der Waals surface area contributed by atoms with E-state index in [0.29, 0.717) is 6.42 Å². The smallest absolute Gasteiger partial charge is 0.230 e. The van der Waals surface area contributed by atoms with Crippen LogP contribution in [0.1, 0.15) is 37.8 Å². The van der Waals surface area contributed by atoms with E-state index in [1.807, 2.05) is 24.3 Å². The first-order valence-electron chi connectivity index (χ1n) is 7.99. The number of unbranched alkanes of at least 4 members (excludes halogenated alkanes) is 1. The average Bonchev–Trinajstić information content (AvgIpc) is 2.56. The summed E-state index contributed by atoms with van der Waals surface area (Å²) in [4.78, 5) is 13.7. The maximum Gasteiger partial charge on any atom is 0.230 e. The van der Waals surface area contributed by atoms with Crippen LogP contribution in [0, 0.1) is 5.82 Å². The molecule has 120 valence electrons. The molecule has 0 aliphatic carbocycles. The van der Waals surface area contributed by atoms with Crippen molar-refractivity contribution in [2.24, 2.45) is 0 Å². The summed E-state index contributed by atoms with van der Waals surface area (Å²) in [6, 6.07) is 13.9. The second-order valence-electron chi connectivity index (χ2n) is 5.73. The molecule has 1 heterocycles. The second-order valence-corrected chi connectivity index (χ2v) is 5.73. The van der Waals surface area contributed by atoms with Crippen LogP contribution in [-0.2, 0) is 4.79 Å². The van der Waals surface area contributed by atoms with Crippen LogP contribution < -0.4 is 9.64 Å². The first kappa shape index (κ1) is 15.5. The number of β-lactam (4-membered cyclic amide) rings is 1. The van der Waals surface area contributed by atoms with Crippen LogP contribution in [0.4, 0.5) is 10.1 Å². The van der Waals surface area contributed by atoms with E-state index in [1.165, 1.54) is 12.1 Å². The van der Waals surface area contributed by atoms with Crippen molar-refractivity contribution >= 4 is 11.6 Å². The van der Waals surface area contributed by atoms with Crippen molar-refractivity contribution in [3.63, 3.8) is 0 Å². The van der Waals surface area contributed by atoms with Crippen molar-refractivity contribution in [3.8, 4) is 5.75 Å². The summed E-state index contributed by atoms with van der Waals surface area (Å²) >= 11 is 0. The predicted octanol–water partition coefficient (Wildman–Crippen LogP) is 4.48. The van der Waals surface area contributed by atoms with E-state index in [2.05, 4.69) is 6.92 Å². The zero-order chi connectivity index (χ0) is 16.2. The monoisotopic (exact) mass is 313 g/mol. The molecular weight excluding hydrogens is 293 g/mol. The molecule has 0 bridgehead atoms. The van der Waals surface area contributed by atoms with Crippen LogP contribution in [0.15, 0.2) is 48.5 Å². The van der Waals surface area contributed by atoms with Gasteiger partial charge in [-0.3, -0.25) is 4.79 Å². The molecule has 1 amide bonds. The van der Waals surface area contributed by atoms with Gasteiger partial charge in [0, 0.05) is 5.69 Å². The van der Waals surface area contributed by atoms with Gasteiger partial charge in [0.25, 0.3) is 0 Å². The Morgan fingerprint density at radius 3 is 2.43 bits per heavy atom. The lowest BCUT2D eigenvalue weighted by Crippen LogP contribution is -2.46. The van der Waals surface area contributed by atoms with Crippen LogP contribution in [0.3, 0.4) is 0 Å². The van der Waals surface area contributed by atoms with Gasteiger partial charge in [-0.2, -0.15) is 0 Å². The zero-order valence-electron chi connectivity index (χ0n) is 13.2. The standard InChI is InChI=1S/C19H20FNO2/c1-2-3-12-23-17-10-4-14(5-11-17)18-13-19(22)21(18)16-8-6-15(20)7-9-16/h4-11,18H,2-3,12-13H2,1H3/t18-/m0/s1. The number of nitrogens with zero attached hydrogens (tertiary/aromatic N) is 1. The van der Waals surface area contributed by atoms with Gasteiger partial charge in [0.15, 0.2) is 0 Å². The largest absolute Gasteiger partial charge is 0.494 e. The summed E-state index contributed by atoms with van der Waals surface area (Å²) < 4.78 is 18.7. The minimum absolute atomic E-state index is 0.0117. The molecule has 4 heteroatoms. The van der Waals surface area contributed by atoms with Crippen molar-refractivity contribution < 1.29 is 13.9 Å². The predicted molar refractivity (Wildman–Crippen MR) is 88.1 cm³/mol. The van der Waals surface area contributed by atoms with Gasteiger partial charge in [-0.15, -0.1) is 0 Å². The Hall–Kier alpha value is -2.36. The van der Waals surface area contributed by atoms with E-state index in [1.54, 1.807) is 17.0 Å². The van der Waals surface area contributed by atoms with Gasteiger partial charge >= 0.3 is 0 Å². The molecule has 0 radical (unpaired) electrons. The molecule has 1 saturated heterocycles. The van der Waals surface area contributed by atoms with Crippen LogP contribution in [-0.4, -0.2) is 12.5 Å². The third kappa shape index (κ3) is 3.36. The Morgan fingerprint density at radius 2 is 1.83 bits per heavy atom. The molecule has 1 aliphatic heterocycles. The van der Waals surface area contributed by atoms with Gasteiger partial charge in [0.1, 0.15) is 11.6 Å². The first-order chi connectivity index (χ1) is 11.2. The number of hydrogen-bond donors (Lipinski definition) is 0. The van der Waals surface area contributed by atoms with Gasteiger partial charge in [0.05, 0.1) is 19.1 Å². The Morgan fingerprint density at radius 1 is 1.13 bits per heavy atom. The number of benzene rings is 2. The third-order valence-electron chi connectivity index (χ3n) is 4.08. The summed E-state index contributed by atoms with van der Waals surface area (Å²) in [5.74, 6) is 0.609. The molecule has 2 aromatic carbocycles. The van der Waals surface area contributed by atoms with Gasteiger partial charge in [-0.25, -0.2) is 4.39 Å². The molecule has 3 rings (SSSR count). The van der Waals surface area contributed by atoms with Gasteiger partial charge < -0.3 is 9.64 Å². The molecule has 1 aliphatic rings. The minimum Gasteiger partial charge on any atom is -0.494 e. The van der Waals surface area contributed by atoms with Crippen molar-refractivity contribution in [1.82, 2.24) is 0 Å². The van der Waals surface area contributed by atoms with E-state index in [4.69, 9.17) is 4.74 Å². The van der Waals surface area contributed by atoms with Crippen molar-refractivity contribution in [3.05, 3.63) is 59.9 Å². The summed E-state index contributed by atoms with van der Waals surface area (Å²) in [5, 5.41) is 0. The van der Waals surface area contributed by atoms with Gasteiger partial charge in [0.2, 0.25) is 5.91 Å². The summed E-state index contributed by atoms with van der Waals surface area (Å²) in [6.07, 6.45) is 2.62. The highest BCUT2D eigenvalue weighted by Crippen LogP contribution is 2.39.